The average Bonchev–Trinajstić information content (AvgIpc) is 2.25. The van der Waals surface area contributed by atoms with Crippen LogP contribution in [0, 0.1) is 5.92 Å². The Kier molecular flexibility index (Phi) is 8.57. The van der Waals surface area contributed by atoms with Crippen LogP contribution in [-0.4, -0.2) is 21.8 Å². The van der Waals surface area contributed by atoms with Crippen LogP contribution in [-0.2, 0) is 8.85 Å². The highest BCUT2D eigenvalue weighted by molar-refractivity contribution is 6.66. The molecule has 0 aliphatic rings. The van der Waals surface area contributed by atoms with E-state index in [4.69, 9.17) is 14.6 Å². The van der Waals surface area contributed by atoms with Crippen LogP contribution in [0.25, 0.3) is 0 Å². The zero-order chi connectivity index (χ0) is 14.2. The van der Waals surface area contributed by atoms with Crippen LogP contribution in [0.1, 0.15) is 47.5 Å². The molecule has 18 heavy (non-hydrogen) atoms. The van der Waals surface area contributed by atoms with Crippen molar-refractivity contribution >= 4 is 8.56 Å². The molecule has 4 heteroatoms. The Morgan fingerprint density at radius 2 is 1.67 bits per heavy atom. The Hall–Kier alpha value is -0.323. The molecule has 108 valence electrons. The third kappa shape index (κ3) is 7.19. The highest BCUT2D eigenvalue weighted by Crippen LogP contribution is 2.21. The molecule has 0 radical (unpaired) electrons. The van der Waals surface area contributed by atoms with Crippen molar-refractivity contribution in [2.24, 2.45) is 11.7 Å². The average molecular weight is 273 g/mol. The van der Waals surface area contributed by atoms with E-state index in [0.717, 1.165) is 37.8 Å². The molecule has 0 fully saturated rings. The third-order valence-electron chi connectivity index (χ3n) is 3.01. The second kappa shape index (κ2) is 8.72. The lowest BCUT2D eigenvalue weighted by Gasteiger charge is -2.26. The molecular formula is C14H31NO2Si. The quantitative estimate of drug-likeness (QED) is 0.650. The lowest BCUT2D eigenvalue weighted by atomic mass is 10.0. The van der Waals surface area contributed by atoms with Gasteiger partial charge in [-0.1, -0.05) is 19.4 Å². The van der Waals surface area contributed by atoms with Gasteiger partial charge in [0.05, 0.1) is 0 Å². The molecule has 0 saturated heterocycles. The molecule has 0 unspecified atom stereocenters. The van der Waals surface area contributed by atoms with Crippen LogP contribution in [0.5, 0.6) is 0 Å². The second-order valence-corrected chi connectivity index (χ2v) is 8.75. The van der Waals surface area contributed by atoms with Gasteiger partial charge in [0.15, 0.2) is 0 Å². The molecule has 0 aliphatic carbocycles. The molecular weight excluding hydrogens is 242 g/mol. The first kappa shape index (κ1) is 17.7. The Bertz CT molecular complexity index is 259. The van der Waals surface area contributed by atoms with Crippen LogP contribution in [0.15, 0.2) is 11.3 Å². The van der Waals surface area contributed by atoms with Crippen molar-refractivity contribution in [2.75, 3.05) is 13.2 Å². The SMILES string of the molecule is CCO[Si](C)(CCC(N)=C(C)CC(C)C)OCC. The molecule has 2 N–H and O–H groups in total. The number of hydrogen-bond donors (Lipinski definition) is 1. The van der Waals surface area contributed by atoms with Gasteiger partial charge in [0.25, 0.3) is 0 Å². The van der Waals surface area contributed by atoms with Crippen LogP contribution in [0.2, 0.25) is 12.6 Å². The van der Waals surface area contributed by atoms with Gasteiger partial charge in [-0.2, -0.15) is 0 Å². The summed E-state index contributed by atoms with van der Waals surface area (Å²) in [4.78, 5) is 0. The number of hydrogen-bond acceptors (Lipinski definition) is 3. The van der Waals surface area contributed by atoms with Crippen molar-refractivity contribution in [3.8, 4) is 0 Å². The number of allylic oxidation sites excluding steroid dienone is 2. The Morgan fingerprint density at radius 3 is 2.06 bits per heavy atom. The minimum absolute atomic E-state index is 0.658. The summed E-state index contributed by atoms with van der Waals surface area (Å²) in [5.41, 5.74) is 8.49. The fourth-order valence-corrected chi connectivity index (χ4v) is 4.43. The summed E-state index contributed by atoms with van der Waals surface area (Å²) in [5.74, 6) is 0.658. The first-order valence-corrected chi connectivity index (χ1v) is 9.59. The van der Waals surface area contributed by atoms with Crippen LogP contribution in [0.3, 0.4) is 0 Å². The van der Waals surface area contributed by atoms with Crippen molar-refractivity contribution in [3.05, 3.63) is 11.3 Å². The van der Waals surface area contributed by atoms with Gasteiger partial charge >= 0.3 is 8.56 Å². The van der Waals surface area contributed by atoms with E-state index in [9.17, 15) is 0 Å². The molecule has 0 aromatic rings. The van der Waals surface area contributed by atoms with E-state index in [0.29, 0.717) is 5.92 Å². The highest BCUT2D eigenvalue weighted by atomic mass is 28.4. The van der Waals surface area contributed by atoms with Crippen molar-refractivity contribution in [1.82, 2.24) is 0 Å². The predicted molar refractivity (Wildman–Crippen MR) is 80.6 cm³/mol. The third-order valence-corrected chi connectivity index (χ3v) is 5.97. The van der Waals surface area contributed by atoms with E-state index in [1.807, 2.05) is 13.8 Å². The summed E-state index contributed by atoms with van der Waals surface area (Å²) < 4.78 is 11.6. The molecule has 0 heterocycles. The van der Waals surface area contributed by atoms with Gasteiger partial charge in [-0.05, 0) is 52.1 Å². The van der Waals surface area contributed by atoms with Gasteiger partial charge in [-0.3, -0.25) is 0 Å². The maximum absolute atomic E-state index is 6.16. The smallest absolute Gasteiger partial charge is 0.335 e. The van der Waals surface area contributed by atoms with E-state index in [1.54, 1.807) is 0 Å². The van der Waals surface area contributed by atoms with E-state index in [2.05, 4.69) is 27.3 Å². The summed E-state index contributed by atoms with van der Waals surface area (Å²) in [6, 6.07) is 0.940. The zero-order valence-electron chi connectivity index (χ0n) is 13.0. The summed E-state index contributed by atoms with van der Waals surface area (Å²) in [6.07, 6.45) is 1.97. The fraction of sp³-hybridized carbons (Fsp3) is 0.857. The molecule has 0 amide bonds. The first-order chi connectivity index (χ1) is 8.34. The van der Waals surface area contributed by atoms with Gasteiger partial charge in [0, 0.05) is 18.9 Å². The first-order valence-electron chi connectivity index (χ1n) is 7.06. The fourth-order valence-electron chi connectivity index (χ4n) is 2.12. The lowest BCUT2D eigenvalue weighted by Crippen LogP contribution is -2.39. The van der Waals surface area contributed by atoms with E-state index >= 15 is 0 Å². The molecule has 0 rings (SSSR count). The normalized spacial score (nSPS) is 13.9. The molecule has 0 spiro atoms. The minimum atomic E-state index is -2.01. The van der Waals surface area contributed by atoms with Gasteiger partial charge < -0.3 is 14.6 Å². The van der Waals surface area contributed by atoms with Gasteiger partial charge in [-0.25, -0.2) is 0 Å². The Labute approximate surface area is 114 Å². The van der Waals surface area contributed by atoms with Gasteiger partial charge in [0.2, 0.25) is 0 Å². The van der Waals surface area contributed by atoms with Crippen molar-refractivity contribution in [1.29, 1.82) is 0 Å². The van der Waals surface area contributed by atoms with E-state index < -0.39 is 8.56 Å². The Balaban J connectivity index is 4.42. The molecule has 3 nitrogen and oxygen atoms in total. The Morgan fingerprint density at radius 1 is 1.17 bits per heavy atom. The topological polar surface area (TPSA) is 44.5 Å². The molecule has 0 aliphatic heterocycles. The highest BCUT2D eigenvalue weighted by Gasteiger charge is 2.30. The van der Waals surface area contributed by atoms with Crippen molar-refractivity contribution < 1.29 is 8.85 Å². The zero-order valence-corrected chi connectivity index (χ0v) is 14.0. The van der Waals surface area contributed by atoms with E-state index in [1.165, 1.54) is 5.57 Å². The van der Waals surface area contributed by atoms with Gasteiger partial charge in [0.1, 0.15) is 0 Å². The standard InChI is InChI=1S/C14H31NO2Si/c1-7-16-18(6,17-8-2)10-9-14(15)13(5)11-12(3)4/h12H,7-11,15H2,1-6H3. The molecule has 0 saturated carbocycles. The molecule has 0 atom stereocenters. The lowest BCUT2D eigenvalue weighted by molar-refractivity contribution is 0.189. The molecule has 0 aromatic heterocycles. The largest absolute Gasteiger partial charge is 0.402 e. The van der Waals surface area contributed by atoms with Crippen molar-refractivity contribution in [2.45, 2.75) is 60.1 Å². The summed E-state index contributed by atoms with van der Waals surface area (Å²) in [6.45, 7) is 14.2. The van der Waals surface area contributed by atoms with Crippen LogP contribution >= 0.6 is 0 Å². The minimum Gasteiger partial charge on any atom is -0.402 e. The monoisotopic (exact) mass is 273 g/mol. The molecule has 0 aromatic carbocycles. The maximum Gasteiger partial charge on any atom is 0.335 e. The summed E-state index contributed by atoms with van der Waals surface area (Å²) in [7, 11) is -2.01. The maximum atomic E-state index is 6.16. The number of nitrogens with two attached hydrogens (primary N) is 1. The van der Waals surface area contributed by atoms with Crippen LogP contribution < -0.4 is 5.73 Å². The number of rotatable bonds is 9. The second-order valence-electron chi connectivity index (χ2n) is 5.40. The van der Waals surface area contributed by atoms with Gasteiger partial charge in [-0.15, -0.1) is 0 Å². The van der Waals surface area contributed by atoms with Crippen LogP contribution in [0.4, 0.5) is 0 Å². The summed E-state index contributed by atoms with van der Waals surface area (Å²) in [5, 5.41) is 0. The summed E-state index contributed by atoms with van der Waals surface area (Å²) >= 11 is 0. The van der Waals surface area contributed by atoms with E-state index in [-0.39, 0.29) is 0 Å². The predicted octanol–water partition coefficient (Wildman–Crippen LogP) is 3.80. The molecule has 0 bridgehead atoms. The van der Waals surface area contributed by atoms with Crippen molar-refractivity contribution in [3.63, 3.8) is 0 Å².